The summed E-state index contributed by atoms with van der Waals surface area (Å²) >= 11 is 30.1. The van der Waals surface area contributed by atoms with Crippen LogP contribution in [0.1, 0.15) is 0 Å². The molecule has 0 aliphatic carbocycles. The molecule has 7 nitrogen and oxygen atoms in total. The lowest BCUT2D eigenvalue weighted by Crippen LogP contribution is -2.53. The summed E-state index contributed by atoms with van der Waals surface area (Å²) in [6, 6.07) is 0. The molecule has 28 heavy (non-hydrogen) atoms. The molecule has 160 valence electrons. The summed E-state index contributed by atoms with van der Waals surface area (Å²) < 4.78 is 26.7. The van der Waals surface area contributed by atoms with Crippen molar-refractivity contribution < 1.29 is 28.5 Å². The van der Waals surface area contributed by atoms with E-state index in [1.165, 1.54) is 28.4 Å². The molecule has 0 aliphatic rings. The second kappa shape index (κ2) is 12.0. The molecule has 0 amide bonds. The van der Waals surface area contributed by atoms with Crippen molar-refractivity contribution >= 4 is 64.0 Å². The third-order valence-corrected chi connectivity index (χ3v) is 6.17. The zero-order valence-electron chi connectivity index (χ0n) is 15.4. The number of methoxy groups -OCH3 is 4. The standard InChI is InChI=1S/C16H20Cl5NO6/c1-24-6(5-22)12(25-2)14(26-3)15(27-4)16(23)28-13-10(20)8(18)7(17)9(19)11(13)21/h6,12,14-15H,5,22H2,1-4H3/t6-,12+,14+,15-/m1/s1. The van der Waals surface area contributed by atoms with Crippen LogP contribution in [0.5, 0.6) is 5.75 Å². The van der Waals surface area contributed by atoms with E-state index in [-0.39, 0.29) is 37.4 Å². The summed E-state index contributed by atoms with van der Waals surface area (Å²) in [5.74, 6) is -1.15. The Morgan fingerprint density at radius 1 is 0.786 bits per heavy atom. The van der Waals surface area contributed by atoms with Gasteiger partial charge in [-0.25, -0.2) is 4.79 Å². The molecule has 0 saturated heterocycles. The maximum Gasteiger partial charge on any atom is 0.343 e. The highest BCUT2D eigenvalue weighted by Crippen LogP contribution is 2.48. The number of carbonyl (C=O) groups excluding carboxylic acids is 1. The van der Waals surface area contributed by atoms with Crippen molar-refractivity contribution in [2.45, 2.75) is 24.4 Å². The highest BCUT2D eigenvalue weighted by molar-refractivity contribution is 6.55. The fourth-order valence-corrected chi connectivity index (χ4v) is 3.69. The molecule has 0 fully saturated rings. The smallest absolute Gasteiger partial charge is 0.343 e. The summed E-state index contributed by atoms with van der Waals surface area (Å²) in [5, 5.41) is -0.664. The molecule has 1 rings (SSSR count). The van der Waals surface area contributed by atoms with Gasteiger partial charge in [-0.3, -0.25) is 0 Å². The van der Waals surface area contributed by atoms with Crippen LogP contribution in [0.25, 0.3) is 0 Å². The van der Waals surface area contributed by atoms with E-state index in [4.69, 9.17) is 87.4 Å². The maximum absolute atomic E-state index is 12.8. The number of carbonyl (C=O) groups is 1. The van der Waals surface area contributed by atoms with Crippen molar-refractivity contribution in [2.75, 3.05) is 35.0 Å². The van der Waals surface area contributed by atoms with Crippen LogP contribution in [0.2, 0.25) is 25.1 Å². The van der Waals surface area contributed by atoms with E-state index in [2.05, 4.69) is 0 Å². The molecule has 2 N–H and O–H groups in total. The molecule has 0 spiro atoms. The van der Waals surface area contributed by atoms with E-state index in [1.807, 2.05) is 0 Å². The molecular formula is C16H20Cl5NO6. The van der Waals surface area contributed by atoms with Crippen LogP contribution < -0.4 is 10.5 Å². The minimum atomic E-state index is -1.25. The van der Waals surface area contributed by atoms with Crippen molar-refractivity contribution in [1.82, 2.24) is 0 Å². The Labute approximate surface area is 188 Å². The molecule has 0 aromatic heterocycles. The lowest BCUT2D eigenvalue weighted by Gasteiger charge is -2.33. The van der Waals surface area contributed by atoms with Gasteiger partial charge in [0, 0.05) is 35.0 Å². The molecule has 0 radical (unpaired) electrons. The van der Waals surface area contributed by atoms with Gasteiger partial charge in [0.15, 0.2) is 11.9 Å². The average Bonchev–Trinajstić information content (AvgIpc) is 2.70. The van der Waals surface area contributed by atoms with Crippen molar-refractivity contribution in [3.63, 3.8) is 0 Å². The molecule has 1 aromatic rings. The summed E-state index contributed by atoms with van der Waals surface area (Å²) in [4.78, 5) is 12.8. The van der Waals surface area contributed by atoms with Gasteiger partial charge in [-0.2, -0.15) is 0 Å². The van der Waals surface area contributed by atoms with Gasteiger partial charge in [-0.1, -0.05) is 58.0 Å². The molecule has 0 aliphatic heterocycles. The van der Waals surface area contributed by atoms with Gasteiger partial charge in [-0.05, 0) is 0 Å². The zero-order chi connectivity index (χ0) is 21.6. The van der Waals surface area contributed by atoms with E-state index < -0.39 is 30.4 Å². The number of nitrogens with two attached hydrogens (primary N) is 1. The van der Waals surface area contributed by atoms with E-state index in [9.17, 15) is 4.79 Å². The Morgan fingerprint density at radius 3 is 1.61 bits per heavy atom. The van der Waals surface area contributed by atoms with Crippen molar-refractivity contribution in [1.29, 1.82) is 0 Å². The lowest BCUT2D eigenvalue weighted by molar-refractivity contribution is -0.173. The second-order valence-electron chi connectivity index (χ2n) is 5.39. The number of benzene rings is 1. The number of esters is 1. The van der Waals surface area contributed by atoms with Crippen molar-refractivity contribution in [3.05, 3.63) is 25.1 Å². The monoisotopic (exact) mass is 497 g/mol. The molecule has 0 saturated carbocycles. The maximum atomic E-state index is 12.8. The number of hydrogen-bond donors (Lipinski definition) is 1. The van der Waals surface area contributed by atoms with Gasteiger partial charge in [0.1, 0.15) is 22.3 Å². The predicted octanol–water partition coefficient (Wildman–Crippen LogP) is 3.88. The zero-order valence-corrected chi connectivity index (χ0v) is 19.2. The molecule has 4 atom stereocenters. The first kappa shape index (κ1) is 26.0. The first-order valence-electron chi connectivity index (χ1n) is 7.74. The first-order chi connectivity index (χ1) is 13.2. The summed E-state index contributed by atoms with van der Waals surface area (Å²) in [6.45, 7) is 0.112. The van der Waals surface area contributed by atoms with E-state index in [0.717, 1.165) is 0 Å². The Hall–Kier alpha value is -0.0600. The number of ether oxygens (including phenoxy) is 5. The van der Waals surface area contributed by atoms with Crippen LogP contribution in [0.3, 0.4) is 0 Å². The van der Waals surface area contributed by atoms with E-state index in [1.54, 1.807) is 0 Å². The van der Waals surface area contributed by atoms with Crippen LogP contribution in [0, 0.1) is 0 Å². The quantitative estimate of drug-likeness (QED) is 0.226. The fourth-order valence-electron chi connectivity index (χ4n) is 2.49. The largest absolute Gasteiger partial charge is 0.421 e. The Kier molecular flexibility index (Phi) is 11.1. The third-order valence-electron chi connectivity index (χ3n) is 3.93. The van der Waals surface area contributed by atoms with Gasteiger partial charge >= 0.3 is 5.97 Å². The highest BCUT2D eigenvalue weighted by Gasteiger charge is 2.41. The third kappa shape index (κ3) is 5.55. The number of halogens is 5. The van der Waals surface area contributed by atoms with Crippen molar-refractivity contribution in [3.8, 4) is 5.75 Å². The SMILES string of the molecule is CO[C@H]([C@H](OC)[C@@H](OC)C(=O)Oc1c(Cl)c(Cl)c(Cl)c(Cl)c1Cl)[C@@H](CN)OC. The molecule has 0 heterocycles. The minimum absolute atomic E-state index is 0.0680. The molecule has 12 heteroatoms. The van der Waals surface area contributed by atoms with E-state index >= 15 is 0 Å². The predicted molar refractivity (Wildman–Crippen MR) is 109 cm³/mol. The van der Waals surface area contributed by atoms with Gasteiger partial charge < -0.3 is 29.4 Å². The van der Waals surface area contributed by atoms with Gasteiger partial charge in [0.2, 0.25) is 0 Å². The topological polar surface area (TPSA) is 89.2 Å². The molecule has 0 unspecified atom stereocenters. The number of hydrogen-bond acceptors (Lipinski definition) is 7. The first-order valence-corrected chi connectivity index (χ1v) is 9.63. The fraction of sp³-hybridized carbons (Fsp3) is 0.562. The molecule has 0 bridgehead atoms. The lowest BCUT2D eigenvalue weighted by atomic mass is 10.0. The number of rotatable bonds is 10. The van der Waals surface area contributed by atoms with Gasteiger partial charge in [-0.15, -0.1) is 0 Å². The van der Waals surface area contributed by atoms with Crippen LogP contribution in [-0.2, 0) is 23.7 Å². The van der Waals surface area contributed by atoms with Crippen LogP contribution in [0.15, 0.2) is 0 Å². The summed E-state index contributed by atoms with van der Waals surface area (Å²) in [6.07, 6.45) is -3.51. The van der Waals surface area contributed by atoms with Crippen LogP contribution >= 0.6 is 58.0 Å². The Morgan fingerprint density at radius 2 is 1.25 bits per heavy atom. The molecular weight excluding hydrogens is 479 g/mol. The Balaban J connectivity index is 3.24. The average molecular weight is 500 g/mol. The normalized spacial score (nSPS) is 15.8. The van der Waals surface area contributed by atoms with Crippen LogP contribution in [0.4, 0.5) is 0 Å². The van der Waals surface area contributed by atoms with E-state index in [0.29, 0.717) is 0 Å². The van der Waals surface area contributed by atoms with Gasteiger partial charge in [0.25, 0.3) is 0 Å². The van der Waals surface area contributed by atoms with Crippen molar-refractivity contribution in [2.24, 2.45) is 5.73 Å². The Bertz CT molecular complexity index is 659. The minimum Gasteiger partial charge on any atom is -0.421 e. The molecule has 1 aromatic carbocycles. The summed E-state index contributed by atoms with van der Waals surface area (Å²) in [5.41, 5.74) is 5.69. The summed E-state index contributed by atoms with van der Waals surface area (Å²) in [7, 11) is 5.53. The second-order valence-corrected chi connectivity index (χ2v) is 7.28. The van der Waals surface area contributed by atoms with Crippen LogP contribution in [-0.4, -0.2) is 65.4 Å². The highest BCUT2D eigenvalue weighted by atomic mass is 35.5. The van der Waals surface area contributed by atoms with Gasteiger partial charge in [0.05, 0.1) is 21.2 Å².